The summed E-state index contributed by atoms with van der Waals surface area (Å²) < 4.78 is 4.88. The van der Waals surface area contributed by atoms with Gasteiger partial charge in [-0.15, -0.1) is 0 Å². The Morgan fingerprint density at radius 3 is 2.18 bits per heavy atom. The van der Waals surface area contributed by atoms with E-state index in [0.29, 0.717) is 0 Å². The summed E-state index contributed by atoms with van der Waals surface area (Å²) in [7, 11) is 1.42. The molecule has 0 amide bonds. The number of nitrogens with one attached hydrogen (secondary N) is 1. The molecule has 0 heterocycles. The van der Waals surface area contributed by atoms with Gasteiger partial charge in [0.05, 0.1) is 7.11 Å². The molecule has 0 radical (unpaired) electrons. The lowest BCUT2D eigenvalue weighted by molar-refractivity contribution is -0.143. The molecule has 0 bridgehead atoms. The summed E-state index contributed by atoms with van der Waals surface area (Å²) in [6.07, 6.45) is 0. The zero-order chi connectivity index (χ0) is 13.0. The van der Waals surface area contributed by atoms with E-state index < -0.39 is 0 Å². The SMILES string of the molecule is COC(=O)C(NC(C)C)c1c(C)cccc1C. The van der Waals surface area contributed by atoms with Crippen molar-refractivity contribution in [3.63, 3.8) is 0 Å². The number of methoxy groups -OCH3 is 1. The minimum absolute atomic E-state index is 0.220. The first-order valence-corrected chi connectivity index (χ1v) is 5.87. The lowest BCUT2D eigenvalue weighted by Gasteiger charge is -2.22. The van der Waals surface area contributed by atoms with E-state index in [4.69, 9.17) is 4.74 Å². The van der Waals surface area contributed by atoms with Crippen LogP contribution in [0.25, 0.3) is 0 Å². The predicted octanol–water partition coefficient (Wildman–Crippen LogP) is 2.52. The van der Waals surface area contributed by atoms with Crippen LogP contribution in [0.4, 0.5) is 0 Å². The Hall–Kier alpha value is -1.35. The summed E-state index contributed by atoms with van der Waals surface area (Å²) in [6.45, 7) is 8.06. The van der Waals surface area contributed by atoms with Gasteiger partial charge in [-0.05, 0) is 44.4 Å². The van der Waals surface area contributed by atoms with Crippen molar-refractivity contribution in [3.05, 3.63) is 34.9 Å². The highest BCUT2D eigenvalue weighted by molar-refractivity contribution is 5.78. The maximum atomic E-state index is 11.9. The normalized spacial score (nSPS) is 12.6. The van der Waals surface area contributed by atoms with Gasteiger partial charge in [-0.2, -0.15) is 0 Å². The fourth-order valence-corrected chi connectivity index (χ4v) is 2.00. The number of esters is 1. The molecular weight excluding hydrogens is 214 g/mol. The predicted molar refractivity (Wildman–Crippen MR) is 68.9 cm³/mol. The van der Waals surface area contributed by atoms with Crippen molar-refractivity contribution in [1.82, 2.24) is 5.32 Å². The molecule has 1 N–H and O–H groups in total. The molecule has 0 saturated heterocycles. The van der Waals surface area contributed by atoms with Gasteiger partial charge >= 0.3 is 5.97 Å². The molecule has 0 aromatic heterocycles. The molecule has 0 saturated carbocycles. The molecule has 0 aliphatic heterocycles. The second kappa shape index (κ2) is 5.82. The van der Waals surface area contributed by atoms with Gasteiger partial charge in [0.15, 0.2) is 0 Å². The Morgan fingerprint density at radius 2 is 1.76 bits per heavy atom. The third kappa shape index (κ3) is 3.30. The number of rotatable bonds is 4. The monoisotopic (exact) mass is 235 g/mol. The van der Waals surface area contributed by atoms with Crippen LogP contribution in [-0.2, 0) is 9.53 Å². The summed E-state index contributed by atoms with van der Waals surface area (Å²) in [5, 5.41) is 3.25. The van der Waals surface area contributed by atoms with Gasteiger partial charge in [0.1, 0.15) is 6.04 Å². The van der Waals surface area contributed by atoms with Crippen molar-refractivity contribution in [1.29, 1.82) is 0 Å². The molecule has 17 heavy (non-hydrogen) atoms. The van der Waals surface area contributed by atoms with Crippen LogP contribution in [0.2, 0.25) is 0 Å². The molecule has 0 aliphatic carbocycles. The summed E-state index contributed by atoms with van der Waals surface area (Å²) in [6, 6.07) is 5.86. The van der Waals surface area contributed by atoms with Gasteiger partial charge < -0.3 is 4.74 Å². The van der Waals surface area contributed by atoms with Crippen LogP contribution in [0.5, 0.6) is 0 Å². The fourth-order valence-electron chi connectivity index (χ4n) is 2.00. The highest BCUT2D eigenvalue weighted by atomic mass is 16.5. The average molecular weight is 235 g/mol. The third-order valence-electron chi connectivity index (χ3n) is 2.77. The molecule has 1 aromatic rings. The minimum atomic E-state index is -0.388. The number of hydrogen-bond donors (Lipinski definition) is 1. The van der Waals surface area contributed by atoms with Crippen LogP contribution in [0.15, 0.2) is 18.2 Å². The van der Waals surface area contributed by atoms with E-state index >= 15 is 0 Å². The second-order valence-electron chi connectivity index (χ2n) is 4.58. The molecule has 1 rings (SSSR count). The Kier molecular flexibility index (Phi) is 4.70. The topological polar surface area (TPSA) is 38.3 Å². The summed E-state index contributed by atoms with van der Waals surface area (Å²) in [4.78, 5) is 11.9. The highest BCUT2D eigenvalue weighted by Crippen LogP contribution is 2.23. The molecule has 0 fully saturated rings. The number of benzene rings is 1. The largest absolute Gasteiger partial charge is 0.468 e. The molecule has 94 valence electrons. The van der Waals surface area contributed by atoms with Crippen molar-refractivity contribution >= 4 is 5.97 Å². The van der Waals surface area contributed by atoms with Crippen LogP contribution in [-0.4, -0.2) is 19.1 Å². The van der Waals surface area contributed by atoms with Gasteiger partial charge in [-0.1, -0.05) is 18.2 Å². The van der Waals surface area contributed by atoms with E-state index in [1.54, 1.807) is 0 Å². The second-order valence-corrected chi connectivity index (χ2v) is 4.58. The first-order chi connectivity index (χ1) is 7.97. The number of carbonyl (C=O) groups is 1. The van der Waals surface area contributed by atoms with Crippen molar-refractivity contribution in [3.8, 4) is 0 Å². The number of ether oxygens (including phenoxy) is 1. The summed E-state index contributed by atoms with van der Waals surface area (Å²) in [5.41, 5.74) is 3.23. The highest BCUT2D eigenvalue weighted by Gasteiger charge is 2.24. The van der Waals surface area contributed by atoms with Crippen LogP contribution in [0, 0.1) is 13.8 Å². The maximum Gasteiger partial charge on any atom is 0.327 e. The average Bonchev–Trinajstić information content (AvgIpc) is 2.26. The summed E-state index contributed by atoms with van der Waals surface area (Å²) >= 11 is 0. The van der Waals surface area contributed by atoms with E-state index in [-0.39, 0.29) is 18.1 Å². The van der Waals surface area contributed by atoms with Crippen molar-refractivity contribution in [2.45, 2.75) is 39.8 Å². The maximum absolute atomic E-state index is 11.9. The Labute approximate surface area is 103 Å². The smallest absolute Gasteiger partial charge is 0.327 e. The van der Waals surface area contributed by atoms with Gasteiger partial charge in [0.25, 0.3) is 0 Å². The van der Waals surface area contributed by atoms with Gasteiger partial charge in [0.2, 0.25) is 0 Å². The minimum Gasteiger partial charge on any atom is -0.468 e. The summed E-state index contributed by atoms with van der Waals surface area (Å²) in [5.74, 6) is -0.240. The lowest BCUT2D eigenvalue weighted by Crippen LogP contribution is -2.35. The van der Waals surface area contributed by atoms with Gasteiger partial charge in [-0.3, -0.25) is 5.32 Å². The Morgan fingerprint density at radius 1 is 1.24 bits per heavy atom. The molecule has 1 unspecified atom stereocenters. The van der Waals surface area contributed by atoms with Crippen molar-refractivity contribution in [2.24, 2.45) is 0 Å². The van der Waals surface area contributed by atoms with E-state index in [0.717, 1.165) is 16.7 Å². The number of hydrogen-bond acceptors (Lipinski definition) is 3. The number of carbonyl (C=O) groups excluding carboxylic acids is 1. The lowest BCUT2D eigenvalue weighted by atomic mass is 9.95. The van der Waals surface area contributed by atoms with Crippen LogP contribution in [0.3, 0.4) is 0 Å². The first-order valence-electron chi connectivity index (χ1n) is 5.87. The molecular formula is C14H21NO2. The van der Waals surface area contributed by atoms with Crippen LogP contribution < -0.4 is 5.32 Å². The Bertz CT molecular complexity index is 379. The van der Waals surface area contributed by atoms with Gasteiger partial charge in [0, 0.05) is 6.04 Å². The van der Waals surface area contributed by atoms with Crippen molar-refractivity contribution in [2.75, 3.05) is 7.11 Å². The zero-order valence-corrected chi connectivity index (χ0v) is 11.2. The van der Waals surface area contributed by atoms with Crippen molar-refractivity contribution < 1.29 is 9.53 Å². The van der Waals surface area contributed by atoms with Crippen LogP contribution >= 0.6 is 0 Å². The molecule has 3 nitrogen and oxygen atoms in total. The standard InChI is InChI=1S/C14H21NO2/c1-9(2)15-13(14(16)17-5)12-10(3)7-6-8-11(12)4/h6-9,13,15H,1-5H3. The number of aryl methyl sites for hydroxylation is 2. The van der Waals surface area contributed by atoms with Gasteiger partial charge in [-0.25, -0.2) is 4.79 Å². The quantitative estimate of drug-likeness (QED) is 0.815. The molecule has 0 aliphatic rings. The molecule has 0 spiro atoms. The van der Waals surface area contributed by atoms with E-state index in [9.17, 15) is 4.79 Å². The van der Waals surface area contributed by atoms with Crippen LogP contribution in [0.1, 0.15) is 36.6 Å². The zero-order valence-electron chi connectivity index (χ0n) is 11.2. The van der Waals surface area contributed by atoms with E-state index in [2.05, 4.69) is 5.32 Å². The molecule has 3 heteroatoms. The molecule has 1 atom stereocenters. The van der Waals surface area contributed by atoms with E-state index in [1.807, 2.05) is 45.9 Å². The third-order valence-corrected chi connectivity index (χ3v) is 2.77. The van der Waals surface area contributed by atoms with E-state index in [1.165, 1.54) is 7.11 Å². The first kappa shape index (κ1) is 13.7. The fraction of sp³-hybridized carbons (Fsp3) is 0.500. The Balaban J connectivity index is 3.17. The molecule has 1 aromatic carbocycles.